The second-order valence-electron chi connectivity index (χ2n) is 4.90. The van der Waals surface area contributed by atoms with E-state index in [9.17, 15) is 0 Å². The van der Waals surface area contributed by atoms with Crippen LogP contribution in [0.15, 0.2) is 36.5 Å². The van der Waals surface area contributed by atoms with Crippen LogP contribution in [-0.4, -0.2) is 34.2 Å². The largest absolute Gasteiger partial charge is 0.377 e. The lowest BCUT2D eigenvalue weighted by Crippen LogP contribution is -2.28. The van der Waals surface area contributed by atoms with Crippen molar-refractivity contribution in [1.82, 2.24) is 20.3 Å². The van der Waals surface area contributed by atoms with Crippen molar-refractivity contribution in [2.24, 2.45) is 0 Å². The highest BCUT2D eigenvalue weighted by molar-refractivity contribution is 5.32. The van der Waals surface area contributed by atoms with Crippen LogP contribution in [0, 0.1) is 0 Å². The van der Waals surface area contributed by atoms with Crippen LogP contribution in [0.3, 0.4) is 0 Å². The van der Waals surface area contributed by atoms with Crippen molar-refractivity contribution >= 4 is 0 Å². The highest BCUT2D eigenvalue weighted by Crippen LogP contribution is 2.17. The summed E-state index contributed by atoms with van der Waals surface area (Å²) in [6.45, 7) is 7.63. The highest BCUT2D eigenvalue weighted by Gasteiger charge is 2.18. The zero-order valence-corrected chi connectivity index (χ0v) is 12.3. The first-order valence-electron chi connectivity index (χ1n) is 7.03. The van der Waals surface area contributed by atoms with Crippen molar-refractivity contribution in [3.63, 3.8) is 0 Å². The third-order valence-electron chi connectivity index (χ3n) is 2.98. The predicted molar refractivity (Wildman–Crippen MR) is 78.9 cm³/mol. The molecule has 1 atom stereocenters. The second-order valence-corrected chi connectivity index (χ2v) is 4.90. The Balaban J connectivity index is 2.23. The van der Waals surface area contributed by atoms with Gasteiger partial charge in [0.25, 0.3) is 0 Å². The summed E-state index contributed by atoms with van der Waals surface area (Å²) in [5.74, 6) is 0. The minimum atomic E-state index is 0.0811. The fourth-order valence-corrected chi connectivity index (χ4v) is 2.03. The Morgan fingerprint density at radius 2 is 2.00 bits per heavy atom. The Labute approximate surface area is 120 Å². The molecule has 1 aromatic heterocycles. The normalized spacial score (nSPS) is 12.8. The van der Waals surface area contributed by atoms with E-state index in [1.165, 1.54) is 0 Å². The number of ether oxygens (including phenoxy) is 1. The van der Waals surface area contributed by atoms with Crippen LogP contribution in [0.4, 0.5) is 0 Å². The summed E-state index contributed by atoms with van der Waals surface area (Å²) >= 11 is 0. The van der Waals surface area contributed by atoms with Gasteiger partial charge in [-0.3, -0.25) is 0 Å². The number of para-hydroxylation sites is 1. The van der Waals surface area contributed by atoms with E-state index < -0.39 is 0 Å². The van der Waals surface area contributed by atoms with E-state index in [0.717, 1.165) is 17.9 Å². The highest BCUT2D eigenvalue weighted by atomic mass is 16.5. The Morgan fingerprint density at radius 3 is 2.65 bits per heavy atom. The first kappa shape index (κ1) is 14.7. The Kier molecular flexibility index (Phi) is 5.26. The van der Waals surface area contributed by atoms with E-state index >= 15 is 0 Å². The van der Waals surface area contributed by atoms with E-state index in [4.69, 9.17) is 4.74 Å². The van der Waals surface area contributed by atoms with Crippen molar-refractivity contribution in [2.75, 3.05) is 13.2 Å². The second kappa shape index (κ2) is 7.17. The van der Waals surface area contributed by atoms with E-state index in [1.807, 2.05) is 48.9 Å². The first-order valence-corrected chi connectivity index (χ1v) is 7.03. The van der Waals surface area contributed by atoms with Crippen LogP contribution in [0.25, 0.3) is 5.69 Å². The van der Waals surface area contributed by atoms with Gasteiger partial charge in [-0.2, -0.15) is 0 Å². The zero-order chi connectivity index (χ0) is 14.4. The van der Waals surface area contributed by atoms with Crippen LogP contribution in [0.2, 0.25) is 0 Å². The summed E-state index contributed by atoms with van der Waals surface area (Å²) in [5, 5.41) is 11.7. The molecule has 0 radical (unpaired) electrons. The van der Waals surface area contributed by atoms with Crippen molar-refractivity contribution in [3.8, 4) is 5.69 Å². The van der Waals surface area contributed by atoms with E-state index in [-0.39, 0.29) is 12.1 Å². The first-order chi connectivity index (χ1) is 9.72. The molecule has 0 bridgehead atoms. The molecule has 1 heterocycles. The predicted octanol–water partition coefficient (Wildman–Crippen LogP) is 2.34. The molecular formula is C15H22N4O. The molecule has 0 aliphatic rings. The van der Waals surface area contributed by atoms with Crippen LogP contribution in [0.1, 0.15) is 32.5 Å². The molecule has 108 valence electrons. The van der Waals surface area contributed by atoms with Crippen LogP contribution in [-0.2, 0) is 4.74 Å². The van der Waals surface area contributed by atoms with Crippen LogP contribution in [0.5, 0.6) is 0 Å². The smallest absolute Gasteiger partial charge is 0.0838 e. The Hall–Kier alpha value is -1.72. The lowest BCUT2D eigenvalue weighted by molar-refractivity contribution is 0.0602. The summed E-state index contributed by atoms with van der Waals surface area (Å²) in [6, 6.07) is 10.1. The summed E-state index contributed by atoms with van der Waals surface area (Å²) in [5.41, 5.74) is 2.02. The van der Waals surface area contributed by atoms with E-state index in [1.54, 1.807) is 6.20 Å². The topological polar surface area (TPSA) is 52.0 Å². The zero-order valence-electron chi connectivity index (χ0n) is 12.3. The molecule has 2 aromatic rings. The Morgan fingerprint density at radius 1 is 1.25 bits per heavy atom. The monoisotopic (exact) mass is 274 g/mol. The Bertz CT molecular complexity index is 510. The SMILES string of the molecule is CCNC(COC(C)C)c1cnnn1-c1ccccc1. The molecule has 1 aromatic carbocycles. The number of likely N-dealkylation sites (N-methyl/N-ethyl adjacent to an activating group) is 1. The lowest BCUT2D eigenvalue weighted by Gasteiger charge is -2.20. The van der Waals surface area contributed by atoms with Crippen molar-refractivity contribution in [1.29, 1.82) is 0 Å². The maximum Gasteiger partial charge on any atom is 0.0838 e. The van der Waals surface area contributed by atoms with E-state index in [2.05, 4.69) is 22.6 Å². The van der Waals surface area contributed by atoms with Gasteiger partial charge in [-0.1, -0.05) is 30.3 Å². The lowest BCUT2D eigenvalue weighted by atomic mass is 10.2. The summed E-state index contributed by atoms with van der Waals surface area (Å²) in [4.78, 5) is 0. The van der Waals surface area contributed by atoms with Crippen molar-refractivity contribution < 1.29 is 4.74 Å². The third-order valence-corrected chi connectivity index (χ3v) is 2.98. The van der Waals surface area contributed by atoms with Gasteiger partial charge in [0, 0.05) is 0 Å². The molecule has 0 amide bonds. The van der Waals surface area contributed by atoms with Gasteiger partial charge < -0.3 is 10.1 Å². The van der Waals surface area contributed by atoms with E-state index in [0.29, 0.717) is 6.61 Å². The molecule has 5 heteroatoms. The molecule has 5 nitrogen and oxygen atoms in total. The molecule has 0 aliphatic carbocycles. The molecule has 2 rings (SSSR count). The molecule has 0 fully saturated rings. The molecule has 20 heavy (non-hydrogen) atoms. The van der Waals surface area contributed by atoms with Gasteiger partial charge in [0.15, 0.2) is 0 Å². The number of nitrogens with zero attached hydrogens (tertiary/aromatic N) is 3. The van der Waals surface area contributed by atoms with Crippen LogP contribution >= 0.6 is 0 Å². The molecule has 1 unspecified atom stereocenters. The minimum Gasteiger partial charge on any atom is -0.377 e. The number of aromatic nitrogens is 3. The van der Waals surface area contributed by atoms with Gasteiger partial charge >= 0.3 is 0 Å². The maximum absolute atomic E-state index is 5.74. The van der Waals surface area contributed by atoms with Gasteiger partial charge in [-0.05, 0) is 32.5 Å². The van der Waals surface area contributed by atoms with Gasteiger partial charge in [-0.25, -0.2) is 4.68 Å². The quantitative estimate of drug-likeness (QED) is 0.842. The third kappa shape index (κ3) is 3.65. The average Bonchev–Trinajstić information content (AvgIpc) is 2.93. The number of rotatable bonds is 7. The number of nitrogens with one attached hydrogen (secondary N) is 1. The van der Waals surface area contributed by atoms with Gasteiger partial charge in [0.05, 0.1) is 36.3 Å². The number of hydrogen-bond acceptors (Lipinski definition) is 4. The van der Waals surface area contributed by atoms with Gasteiger partial charge in [-0.15, -0.1) is 5.10 Å². The minimum absolute atomic E-state index is 0.0811. The molecular weight excluding hydrogens is 252 g/mol. The van der Waals surface area contributed by atoms with Gasteiger partial charge in [0.2, 0.25) is 0 Å². The van der Waals surface area contributed by atoms with Gasteiger partial charge in [0.1, 0.15) is 0 Å². The molecule has 0 aliphatic heterocycles. The molecule has 0 saturated heterocycles. The summed E-state index contributed by atoms with van der Waals surface area (Å²) < 4.78 is 7.60. The van der Waals surface area contributed by atoms with Crippen molar-refractivity contribution in [3.05, 3.63) is 42.2 Å². The maximum atomic E-state index is 5.74. The average molecular weight is 274 g/mol. The molecule has 0 spiro atoms. The molecule has 0 saturated carbocycles. The van der Waals surface area contributed by atoms with Crippen LogP contribution < -0.4 is 5.32 Å². The fourth-order valence-electron chi connectivity index (χ4n) is 2.03. The number of hydrogen-bond donors (Lipinski definition) is 1. The standard InChI is InChI=1S/C15H22N4O/c1-4-16-14(11-20-12(2)3)15-10-17-18-19(15)13-8-6-5-7-9-13/h5-10,12,14,16H,4,11H2,1-3H3. The summed E-state index contributed by atoms with van der Waals surface area (Å²) in [7, 11) is 0. The van der Waals surface area contributed by atoms with Crippen molar-refractivity contribution in [2.45, 2.75) is 32.9 Å². The summed E-state index contributed by atoms with van der Waals surface area (Å²) in [6.07, 6.45) is 2.00. The molecule has 1 N–H and O–H groups in total. The number of benzene rings is 1. The fraction of sp³-hybridized carbons (Fsp3) is 0.467.